The van der Waals surface area contributed by atoms with Crippen molar-refractivity contribution in [3.63, 3.8) is 0 Å². The summed E-state index contributed by atoms with van der Waals surface area (Å²) in [4.78, 5) is 4.21. The van der Waals surface area contributed by atoms with Gasteiger partial charge in [-0.1, -0.05) is 24.3 Å². The van der Waals surface area contributed by atoms with Crippen LogP contribution in [0.25, 0.3) is 11.1 Å². The van der Waals surface area contributed by atoms with Gasteiger partial charge >= 0.3 is 0 Å². The van der Waals surface area contributed by atoms with E-state index in [0.717, 1.165) is 24.9 Å². The van der Waals surface area contributed by atoms with E-state index in [9.17, 15) is 0 Å². The van der Waals surface area contributed by atoms with Crippen LogP contribution in [0.2, 0.25) is 0 Å². The molecule has 1 aromatic carbocycles. The molecule has 2 aromatic rings. The number of hydrogen-bond donors (Lipinski definition) is 1. The number of rotatable bonds is 1. The lowest BCUT2D eigenvalue weighted by Crippen LogP contribution is -2.28. The van der Waals surface area contributed by atoms with Gasteiger partial charge in [0, 0.05) is 25.5 Å². The summed E-state index contributed by atoms with van der Waals surface area (Å²) in [6.45, 7) is 2.29. The summed E-state index contributed by atoms with van der Waals surface area (Å²) in [5.74, 6) is 1.46. The molecule has 1 aliphatic carbocycles. The number of piperidine rings is 1. The van der Waals surface area contributed by atoms with E-state index in [1.165, 1.54) is 17.5 Å². The maximum Gasteiger partial charge on any atom is 0.0346 e. The van der Waals surface area contributed by atoms with Gasteiger partial charge in [-0.05, 0) is 46.6 Å². The molecule has 1 N–H and O–H groups in total. The predicted molar refractivity (Wildman–Crippen MR) is 72.6 cm³/mol. The Labute approximate surface area is 107 Å². The summed E-state index contributed by atoms with van der Waals surface area (Å²) < 4.78 is 0. The van der Waals surface area contributed by atoms with Crippen LogP contribution in [0, 0.1) is 0 Å². The van der Waals surface area contributed by atoms with Crippen LogP contribution in [0.3, 0.4) is 0 Å². The number of pyridine rings is 1. The zero-order valence-electron chi connectivity index (χ0n) is 10.3. The van der Waals surface area contributed by atoms with Gasteiger partial charge in [-0.15, -0.1) is 0 Å². The molecular weight excluding hydrogens is 220 g/mol. The van der Waals surface area contributed by atoms with Crippen LogP contribution in [-0.4, -0.2) is 18.1 Å². The summed E-state index contributed by atoms with van der Waals surface area (Å²) in [7, 11) is 0. The maximum atomic E-state index is 4.21. The number of aromatic nitrogens is 1. The van der Waals surface area contributed by atoms with Crippen molar-refractivity contribution in [3.05, 3.63) is 53.9 Å². The van der Waals surface area contributed by atoms with E-state index in [1.54, 1.807) is 11.1 Å². The van der Waals surface area contributed by atoms with Gasteiger partial charge in [-0.3, -0.25) is 4.98 Å². The molecule has 0 radical (unpaired) electrons. The fourth-order valence-corrected chi connectivity index (χ4v) is 3.43. The van der Waals surface area contributed by atoms with Gasteiger partial charge in [-0.25, -0.2) is 0 Å². The molecule has 2 nitrogen and oxygen atoms in total. The zero-order valence-corrected chi connectivity index (χ0v) is 10.3. The second-order valence-electron chi connectivity index (χ2n) is 5.37. The smallest absolute Gasteiger partial charge is 0.0346 e. The second-order valence-corrected chi connectivity index (χ2v) is 5.37. The van der Waals surface area contributed by atoms with Crippen molar-refractivity contribution in [2.24, 2.45) is 0 Å². The summed E-state index contributed by atoms with van der Waals surface area (Å²) in [6.07, 6.45) is 5.10. The highest BCUT2D eigenvalue weighted by atomic mass is 14.9. The number of benzene rings is 1. The second kappa shape index (κ2) is 3.92. The first-order valence-electron chi connectivity index (χ1n) is 6.67. The van der Waals surface area contributed by atoms with Crippen LogP contribution in [0.15, 0.2) is 42.7 Å². The monoisotopic (exact) mass is 236 g/mol. The number of nitrogens with one attached hydrogen (secondary N) is 1. The van der Waals surface area contributed by atoms with E-state index >= 15 is 0 Å². The predicted octanol–water partition coefficient (Wildman–Crippen LogP) is 2.92. The molecule has 1 aromatic heterocycles. The number of fused-ring (bicyclic) bond motifs is 5. The normalized spacial score (nSPS) is 24.9. The van der Waals surface area contributed by atoms with Crippen LogP contribution < -0.4 is 5.32 Å². The Bertz CT molecular complexity index is 577. The van der Waals surface area contributed by atoms with Crippen LogP contribution in [0.1, 0.15) is 29.4 Å². The third-order valence-electron chi connectivity index (χ3n) is 4.31. The summed E-state index contributed by atoms with van der Waals surface area (Å²) in [5.41, 5.74) is 5.65. The molecule has 4 rings (SSSR count). The van der Waals surface area contributed by atoms with Crippen molar-refractivity contribution < 1.29 is 0 Å². The summed E-state index contributed by atoms with van der Waals surface area (Å²) in [5, 5.41) is 3.54. The SMILES string of the molecule is c1cncc(-c2ccc3c(c2)C2CNCC3C2)c1. The summed E-state index contributed by atoms with van der Waals surface area (Å²) in [6, 6.07) is 11.1. The van der Waals surface area contributed by atoms with Crippen LogP contribution >= 0.6 is 0 Å². The molecule has 0 spiro atoms. The molecule has 2 heterocycles. The van der Waals surface area contributed by atoms with E-state index in [-0.39, 0.29) is 0 Å². The fraction of sp³-hybridized carbons (Fsp3) is 0.312. The molecule has 2 atom stereocenters. The fourth-order valence-electron chi connectivity index (χ4n) is 3.43. The van der Waals surface area contributed by atoms with Crippen LogP contribution in [0.5, 0.6) is 0 Å². The van der Waals surface area contributed by atoms with Gasteiger partial charge in [0.2, 0.25) is 0 Å². The Balaban J connectivity index is 1.81. The van der Waals surface area contributed by atoms with Crippen molar-refractivity contribution in [2.75, 3.05) is 13.1 Å². The highest BCUT2D eigenvalue weighted by Crippen LogP contribution is 2.44. The molecule has 2 heteroatoms. The van der Waals surface area contributed by atoms with E-state index in [4.69, 9.17) is 0 Å². The van der Waals surface area contributed by atoms with E-state index < -0.39 is 0 Å². The van der Waals surface area contributed by atoms with E-state index in [2.05, 4.69) is 34.6 Å². The molecule has 2 bridgehead atoms. The molecule has 1 aliphatic heterocycles. The Morgan fingerprint density at radius 2 is 1.89 bits per heavy atom. The number of hydrogen-bond acceptors (Lipinski definition) is 2. The minimum atomic E-state index is 0.718. The molecular formula is C16H16N2. The van der Waals surface area contributed by atoms with E-state index in [1.807, 2.05) is 18.5 Å². The highest BCUT2D eigenvalue weighted by Gasteiger charge is 2.33. The van der Waals surface area contributed by atoms with Gasteiger partial charge in [0.25, 0.3) is 0 Å². The average molecular weight is 236 g/mol. The van der Waals surface area contributed by atoms with Crippen molar-refractivity contribution >= 4 is 0 Å². The zero-order chi connectivity index (χ0) is 11.9. The van der Waals surface area contributed by atoms with Gasteiger partial charge in [0.1, 0.15) is 0 Å². The molecule has 0 amide bonds. The lowest BCUT2D eigenvalue weighted by molar-refractivity contribution is 0.454. The quantitative estimate of drug-likeness (QED) is 0.823. The Kier molecular flexibility index (Phi) is 2.24. The third kappa shape index (κ3) is 1.49. The first kappa shape index (κ1) is 10.3. The van der Waals surface area contributed by atoms with Gasteiger partial charge in [0.05, 0.1) is 0 Å². The molecule has 2 unspecified atom stereocenters. The molecule has 1 saturated heterocycles. The van der Waals surface area contributed by atoms with Crippen molar-refractivity contribution in [1.29, 1.82) is 0 Å². The maximum absolute atomic E-state index is 4.21. The topological polar surface area (TPSA) is 24.9 Å². The van der Waals surface area contributed by atoms with Crippen molar-refractivity contribution in [1.82, 2.24) is 10.3 Å². The summed E-state index contributed by atoms with van der Waals surface area (Å²) >= 11 is 0. The lowest BCUT2D eigenvalue weighted by Gasteiger charge is -2.19. The Morgan fingerprint density at radius 3 is 2.72 bits per heavy atom. The molecule has 2 aliphatic rings. The van der Waals surface area contributed by atoms with Gasteiger partial charge in [0.15, 0.2) is 0 Å². The van der Waals surface area contributed by atoms with Crippen LogP contribution in [0.4, 0.5) is 0 Å². The Hall–Kier alpha value is -1.67. The number of nitrogens with zero attached hydrogens (tertiary/aromatic N) is 1. The minimum Gasteiger partial charge on any atom is -0.316 e. The molecule has 90 valence electrons. The standard InChI is InChI=1S/C16H16N2/c1-2-12(8-17-5-1)11-3-4-15-13-6-14(10-18-9-13)16(15)7-11/h1-5,7-8,13-14,18H,6,9-10H2. The first-order chi connectivity index (χ1) is 8.92. The van der Waals surface area contributed by atoms with E-state index in [0.29, 0.717) is 0 Å². The van der Waals surface area contributed by atoms with Crippen molar-refractivity contribution in [3.8, 4) is 11.1 Å². The molecule has 0 saturated carbocycles. The first-order valence-corrected chi connectivity index (χ1v) is 6.67. The highest BCUT2D eigenvalue weighted by molar-refractivity contribution is 5.65. The van der Waals surface area contributed by atoms with Gasteiger partial charge in [-0.2, -0.15) is 0 Å². The largest absolute Gasteiger partial charge is 0.316 e. The van der Waals surface area contributed by atoms with Crippen LogP contribution in [-0.2, 0) is 0 Å². The van der Waals surface area contributed by atoms with Crippen molar-refractivity contribution in [2.45, 2.75) is 18.3 Å². The van der Waals surface area contributed by atoms with Gasteiger partial charge < -0.3 is 5.32 Å². The molecule has 18 heavy (non-hydrogen) atoms. The average Bonchev–Trinajstić information content (AvgIpc) is 2.71. The lowest BCUT2D eigenvalue weighted by atomic mass is 9.97. The minimum absolute atomic E-state index is 0.718. The molecule has 1 fully saturated rings. The third-order valence-corrected chi connectivity index (χ3v) is 4.31. The Morgan fingerprint density at radius 1 is 1.00 bits per heavy atom.